The second-order valence-corrected chi connectivity index (χ2v) is 9.52. The molecule has 2 amide bonds. The predicted molar refractivity (Wildman–Crippen MR) is 122 cm³/mol. The van der Waals surface area contributed by atoms with Crippen molar-refractivity contribution in [2.24, 2.45) is 5.92 Å². The third kappa shape index (κ3) is 4.28. The lowest BCUT2D eigenvalue weighted by Crippen LogP contribution is -2.52. The van der Waals surface area contributed by atoms with Gasteiger partial charge in [0.25, 0.3) is 0 Å². The van der Waals surface area contributed by atoms with E-state index in [4.69, 9.17) is 0 Å². The Balaban J connectivity index is 1.18. The quantitative estimate of drug-likeness (QED) is 0.701. The molecular weight excluding hydrogens is 431 g/mol. The van der Waals surface area contributed by atoms with Crippen LogP contribution in [0.25, 0.3) is 0 Å². The van der Waals surface area contributed by atoms with E-state index in [9.17, 15) is 14.0 Å². The van der Waals surface area contributed by atoms with Crippen molar-refractivity contribution in [3.05, 3.63) is 30.1 Å². The summed E-state index contributed by atoms with van der Waals surface area (Å²) in [7, 11) is 0. The number of piperazine rings is 1. The molecule has 0 bridgehead atoms. The highest BCUT2D eigenvalue weighted by Gasteiger charge is 2.33. The second kappa shape index (κ2) is 9.01. The number of amides is 2. The largest absolute Gasteiger partial charge is 0.368 e. The van der Waals surface area contributed by atoms with Crippen molar-refractivity contribution in [1.82, 2.24) is 15.1 Å². The highest BCUT2D eigenvalue weighted by Crippen LogP contribution is 2.32. The molecule has 8 nitrogen and oxygen atoms in total. The van der Waals surface area contributed by atoms with Gasteiger partial charge in [-0.2, -0.15) is 0 Å². The first-order chi connectivity index (χ1) is 15.6. The molecular formula is C22H27FN6O2S. The molecule has 3 aliphatic rings. The van der Waals surface area contributed by atoms with Gasteiger partial charge in [-0.1, -0.05) is 11.3 Å². The van der Waals surface area contributed by atoms with E-state index < -0.39 is 0 Å². The molecule has 1 aromatic heterocycles. The minimum atomic E-state index is -0.237. The molecule has 0 radical (unpaired) electrons. The third-order valence-electron chi connectivity index (χ3n) is 6.53. The fourth-order valence-electron chi connectivity index (χ4n) is 4.74. The minimum Gasteiger partial charge on any atom is -0.368 e. The minimum absolute atomic E-state index is 0.0538. The predicted octanol–water partition coefficient (Wildman–Crippen LogP) is 2.37. The molecule has 0 saturated carbocycles. The van der Waals surface area contributed by atoms with Gasteiger partial charge in [0.1, 0.15) is 5.82 Å². The Labute approximate surface area is 190 Å². The van der Waals surface area contributed by atoms with Gasteiger partial charge in [0.05, 0.1) is 5.92 Å². The van der Waals surface area contributed by atoms with Gasteiger partial charge in [0.2, 0.25) is 22.1 Å². The van der Waals surface area contributed by atoms with Gasteiger partial charge in [0.15, 0.2) is 0 Å². The smallest absolute Gasteiger partial charge is 0.228 e. The molecule has 170 valence electrons. The number of carbonyl (C=O) groups excluding carboxylic acids is 2. The molecule has 1 atom stereocenters. The normalized spacial score (nSPS) is 22.0. The van der Waals surface area contributed by atoms with E-state index in [-0.39, 0.29) is 23.5 Å². The summed E-state index contributed by atoms with van der Waals surface area (Å²) in [4.78, 5) is 33.2. The molecule has 5 rings (SSSR count). The summed E-state index contributed by atoms with van der Waals surface area (Å²) in [6.45, 7) is 5.04. The molecule has 0 aliphatic carbocycles. The van der Waals surface area contributed by atoms with Crippen molar-refractivity contribution in [3.63, 3.8) is 0 Å². The zero-order valence-corrected chi connectivity index (χ0v) is 18.8. The van der Waals surface area contributed by atoms with Crippen LogP contribution in [0.15, 0.2) is 24.3 Å². The maximum absolute atomic E-state index is 13.2. The summed E-state index contributed by atoms with van der Waals surface area (Å²) < 4.78 is 13.2. The number of halogens is 1. The number of rotatable bonds is 4. The van der Waals surface area contributed by atoms with Crippen molar-refractivity contribution < 1.29 is 14.0 Å². The molecule has 32 heavy (non-hydrogen) atoms. The lowest BCUT2D eigenvalue weighted by Gasteiger charge is -2.39. The van der Waals surface area contributed by atoms with Gasteiger partial charge in [-0.25, -0.2) is 4.39 Å². The molecule has 4 heterocycles. The highest BCUT2D eigenvalue weighted by atomic mass is 32.1. The number of nitrogens with zero attached hydrogens (tertiary/aromatic N) is 6. The summed E-state index contributed by atoms with van der Waals surface area (Å²) in [5.41, 5.74) is 0.992. The second-order valence-electron chi connectivity index (χ2n) is 8.59. The number of carbonyl (C=O) groups is 2. The Morgan fingerprint density at radius 3 is 2.41 bits per heavy atom. The molecule has 2 aromatic rings. The average Bonchev–Trinajstić information content (AvgIpc) is 3.48. The first-order valence-electron chi connectivity index (χ1n) is 11.3. The van der Waals surface area contributed by atoms with Crippen molar-refractivity contribution in [2.45, 2.75) is 25.7 Å². The van der Waals surface area contributed by atoms with E-state index in [0.717, 1.165) is 49.7 Å². The number of aromatic nitrogens is 2. The van der Waals surface area contributed by atoms with Gasteiger partial charge in [-0.05, 0) is 43.5 Å². The van der Waals surface area contributed by atoms with E-state index in [2.05, 4.69) is 20.0 Å². The van der Waals surface area contributed by atoms with Crippen LogP contribution < -0.4 is 14.7 Å². The molecule has 3 aliphatic heterocycles. The van der Waals surface area contributed by atoms with E-state index in [1.165, 1.54) is 23.5 Å². The third-order valence-corrected chi connectivity index (χ3v) is 7.54. The lowest BCUT2D eigenvalue weighted by atomic mass is 9.96. The van der Waals surface area contributed by atoms with Crippen LogP contribution >= 0.6 is 11.3 Å². The van der Waals surface area contributed by atoms with Crippen molar-refractivity contribution in [1.29, 1.82) is 0 Å². The maximum Gasteiger partial charge on any atom is 0.228 e. The zero-order chi connectivity index (χ0) is 22.1. The van der Waals surface area contributed by atoms with E-state index >= 15 is 0 Å². The maximum atomic E-state index is 13.2. The summed E-state index contributed by atoms with van der Waals surface area (Å²) in [6, 6.07) is 6.53. The fraction of sp³-hybridized carbons (Fsp3) is 0.545. The standard InChI is InChI=1S/C22H27FN6O2S/c23-17-5-7-18(8-6-17)26-11-13-27(14-12-26)20(31)16-3-1-9-28(15-16)21-24-25-22(32-21)29-10-2-4-19(29)30/h5-8,16H,1-4,9-15H2/t16-/m1/s1. The molecule has 0 spiro atoms. The number of hydrogen-bond acceptors (Lipinski definition) is 7. The van der Waals surface area contributed by atoms with Crippen LogP contribution in [0.3, 0.4) is 0 Å². The van der Waals surface area contributed by atoms with Crippen LogP contribution in [0.5, 0.6) is 0 Å². The van der Waals surface area contributed by atoms with Crippen LogP contribution in [-0.2, 0) is 9.59 Å². The molecule has 3 fully saturated rings. The fourth-order valence-corrected chi connectivity index (χ4v) is 5.67. The first-order valence-corrected chi connectivity index (χ1v) is 12.1. The Bertz CT molecular complexity index is 975. The molecule has 0 N–H and O–H groups in total. The Morgan fingerprint density at radius 1 is 0.938 bits per heavy atom. The lowest BCUT2D eigenvalue weighted by molar-refractivity contribution is -0.136. The summed E-state index contributed by atoms with van der Waals surface area (Å²) in [5.74, 6) is 0.0213. The topological polar surface area (TPSA) is 72.9 Å². The van der Waals surface area contributed by atoms with E-state index in [0.29, 0.717) is 37.7 Å². The average molecular weight is 459 g/mol. The molecule has 10 heteroatoms. The number of piperidine rings is 1. The van der Waals surface area contributed by atoms with Crippen LogP contribution in [0.4, 0.5) is 20.3 Å². The highest BCUT2D eigenvalue weighted by molar-refractivity contribution is 7.19. The first kappa shape index (κ1) is 21.1. The van der Waals surface area contributed by atoms with Crippen LogP contribution in [0.1, 0.15) is 25.7 Å². The Hall–Kier alpha value is -2.75. The van der Waals surface area contributed by atoms with Gasteiger partial charge in [-0.15, -0.1) is 10.2 Å². The summed E-state index contributed by atoms with van der Waals surface area (Å²) in [5, 5.41) is 10.0. The monoisotopic (exact) mass is 458 g/mol. The van der Waals surface area contributed by atoms with Crippen LogP contribution in [0, 0.1) is 11.7 Å². The number of hydrogen-bond donors (Lipinski definition) is 0. The van der Waals surface area contributed by atoms with Crippen LogP contribution in [-0.4, -0.2) is 72.7 Å². The number of benzene rings is 1. The number of anilines is 3. The van der Waals surface area contributed by atoms with E-state index in [1.54, 1.807) is 17.0 Å². The summed E-state index contributed by atoms with van der Waals surface area (Å²) >= 11 is 1.44. The Morgan fingerprint density at radius 2 is 1.69 bits per heavy atom. The van der Waals surface area contributed by atoms with Crippen molar-refractivity contribution in [2.75, 3.05) is 60.5 Å². The van der Waals surface area contributed by atoms with Gasteiger partial charge in [0, 0.05) is 57.9 Å². The zero-order valence-electron chi connectivity index (χ0n) is 18.0. The van der Waals surface area contributed by atoms with Gasteiger partial charge < -0.3 is 14.7 Å². The SMILES string of the molecule is O=C([C@@H]1CCCN(c2nnc(N3CCCC3=O)s2)C1)N1CCN(c2ccc(F)cc2)CC1. The van der Waals surface area contributed by atoms with Crippen molar-refractivity contribution >= 4 is 39.1 Å². The Kier molecular flexibility index (Phi) is 5.95. The van der Waals surface area contributed by atoms with Crippen LogP contribution in [0.2, 0.25) is 0 Å². The van der Waals surface area contributed by atoms with Gasteiger partial charge in [-0.3, -0.25) is 14.5 Å². The summed E-state index contributed by atoms with van der Waals surface area (Å²) in [6.07, 6.45) is 3.25. The molecule has 3 saturated heterocycles. The molecule has 1 aromatic carbocycles. The molecule has 0 unspecified atom stereocenters. The van der Waals surface area contributed by atoms with E-state index in [1.807, 2.05) is 4.90 Å². The van der Waals surface area contributed by atoms with Crippen molar-refractivity contribution in [3.8, 4) is 0 Å². The van der Waals surface area contributed by atoms with Gasteiger partial charge >= 0.3 is 0 Å².